The number of nitrogen functional groups attached to an aromatic ring is 1. The van der Waals surface area contributed by atoms with Crippen molar-refractivity contribution in [3.63, 3.8) is 0 Å². The summed E-state index contributed by atoms with van der Waals surface area (Å²) in [5, 5.41) is 0. The highest BCUT2D eigenvalue weighted by Gasteiger charge is 2.31. The predicted molar refractivity (Wildman–Crippen MR) is 135 cm³/mol. The van der Waals surface area contributed by atoms with Gasteiger partial charge in [-0.2, -0.15) is 0 Å². The van der Waals surface area contributed by atoms with Gasteiger partial charge in [0.2, 0.25) is 5.91 Å². The van der Waals surface area contributed by atoms with Gasteiger partial charge in [0.25, 0.3) is 0 Å². The summed E-state index contributed by atoms with van der Waals surface area (Å²) in [5.41, 5.74) is 6.13. The van der Waals surface area contributed by atoms with Gasteiger partial charge in [0.1, 0.15) is 5.60 Å². The van der Waals surface area contributed by atoms with Gasteiger partial charge < -0.3 is 25.0 Å². The highest BCUT2D eigenvalue weighted by Crippen LogP contribution is 2.27. The van der Waals surface area contributed by atoms with Crippen molar-refractivity contribution in [2.45, 2.75) is 52.1 Å². The number of ketones is 1. The number of carbonyl (C=O) groups is 4. The lowest BCUT2D eigenvalue weighted by molar-refractivity contribution is -0.127. The third-order valence-corrected chi connectivity index (χ3v) is 6.58. The van der Waals surface area contributed by atoms with Crippen molar-refractivity contribution in [1.29, 1.82) is 0 Å². The van der Waals surface area contributed by atoms with Crippen molar-refractivity contribution in [3.05, 3.63) is 41.5 Å². The number of ether oxygens (including phenoxy) is 2. The quantitative estimate of drug-likeness (QED) is 0.284. The third kappa shape index (κ3) is 6.86. The number of benzene rings is 1. The lowest BCUT2D eigenvalue weighted by Gasteiger charge is -2.33. The van der Waals surface area contributed by atoms with Gasteiger partial charge in [-0.05, 0) is 70.6 Å². The van der Waals surface area contributed by atoms with E-state index in [0.717, 1.165) is 12.8 Å². The number of carbonyl (C=O) groups excluding carboxylic acids is 4. The first kappa shape index (κ1) is 27.2. The maximum absolute atomic E-state index is 13.2. The monoisotopic (exact) mass is 499 g/mol. The minimum Gasteiger partial charge on any atom is -0.465 e. The molecule has 2 fully saturated rings. The molecule has 0 radical (unpaired) electrons. The van der Waals surface area contributed by atoms with Crippen LogP contribution in [0, 0.1) is 11.8 Å². The highest BCUT2D eigenvalue weighted by molar-refractivity contribution is 6.07. The summed E-state index contributed by atoms with van der Waals surface area (Å²) in [7, 11) is 1.26. The standard InChI is InChI=1S/C27H37N3O6/c1-27(2,3)36-26(34)29-15-12-18(13-16-29)10-11-22(31)30-14-6-7-19(17-30)24(32)20-8-5-9-21(23(20)28)25(33)35-4/h5,8-11,18-19H,6-7,12-17,28H2,1-4H3/b11-10+/t19-/m1/s1. The molecule has 1 aromatic carbocycles. The second kappa shape index (κ2) is 11.6. The van der Waals surface area contributed by atoms with Crippen molar-refractivity contribution < 1.29 is 28.7 Å². The van der Waals surface area contributed by atoms with Gasteiger partial charge in [0.15, 0.2) is 5.78 Å². The molecule has 0 aromatic heterocycles. The molecule has 2 aliphatic heterocycles. The van der Waals surface area contributed by atoms with Crippen molar-refractivity contribution in [3.8, 4) is 0 Å². The number of anilines is 1. The Morgan fingerprint density at radius 1 is 1.00 bits per heavy atom. The van der Waals surface area contributed by atoms with Gasteiger partial charge in [-0.3, -0.25) is 9.59 Å². The van der Waals surface area contributed by atoms with E-state index in [9.17, 15) is 19.2 Å². The molecular formula is C27H37N3O6. The molecule has 9 nitrogen and oxygen atoms in total. The van der Waals surface area contributed by atoms with Crippen LogP contribution in [-0.2, 0) is 14.3 Å². The van der Waals surface area contributed by atoms with E-state index in [-0.39, 0.29) is 46.4 Å². The summed E-state index contributed by atoms with van der Waals surface area (Å²) < 4.78 is 10.2. The maximum atomic E-state index is 13.2. The van der Waals surface area contributed by atoms with Crippen LogP contribution in [-0.4, -0.2) is 72.4 Å². The summed E-state index contributed by atoms with van der Waals surface area (Å²) in [6.45, 7) is 7.61. The Labute approximate surface area is 212 Å². The summed E-state index contributed by atoms with van der Waals surface area (Å²) >= 11 is 0. The lowest BCUT2D eigenvalue weighted by Crippen LogP contribution is -2.42. The normalized spacial score (nSPS) is 19.3. The molecule has 196 valence electrons. The van der Waals surface area contributed by atoms with E-state index in [4.69, 9.17) is 15.2 Å². The first-order chi connectivity index (χ1) is 17.0. The van der Waals surface area contributed by atoms with Crippen molar-refractivity contribution >= 4 is 29.4 Å². The molecule has 0 aliphatic carbocycles. The molecule has 2 heterocycles. The Kier molecular flexibility index (Phi) is 8.76. The molecule has 1 aromatic rings. The van der Waals surface area contributed by atoms with Crippen LogP contribution in [0.5, 0.6) is 0 Å². The van der Waals surface area contributed by atoms with Crippen LogP contribution in [0.2, 0.25) is 0 Å². The number of nitrogens with zero attached hydrogens (tertiary/aromatic N) is 2. The first-order valence-corrected chi connectivity index (χ1v) is 12.5. The zero-order valence-electron chi connectivity index (χ0n) is 21.6. The van der Waals surface area contributed by atoms with Crippen molar-refractivity contribution in [2.24, 2.45) is 11.8 Å². The molecule has 2 amide bonds. The number of para-hydroxylation sites is 1. The van der Waals surface area contributed by atoms with Crippen LogP contribution < -0.4 is 5.73 Å². The number of piperidine rings is 2. The van der Waals surface area contributed by atoms with Crippen molar-refractivity contribution in [2.75, 3.05) is 39.0 Å². The average molecular weight is 500 g/mol. The van der Waals surface area contributed by atoms with E-state index in [1.807, 2.05) is 26.8 Å². The summed E-state index contributed by atoms with van der Waals surface area (Å²) in [4.78, 5) is 53.7. The van der Waals surface area contributed by atoms with Gasteiger partial charge >= 0.3 is 12.1 Å². The molecule has 2 aliphatic rings. The van der Waals surface area contributed by atoms with Gasteiger partial charge in [0.05, 0.1) is 18.4 Å². The van der Waals surface area contributed by atoms with E-state index in [1.54, 1.807) is 28.0 Å². The number of Topliss-reactive ketones (excluding diaryl/α,β-unsaturated/α-hetero) is 1. The van der Waals surface area contributed by atoms with Crippen molar-refractivity contribution in [1.82, 2.24) is 9.80 Å². The largest absolute Gasteiger partial charge is 0.465 e. The topological polar surface area (TPSA) is 119 Å². The van der Waals surface area contributed by atoms with Crippen LogP contribution in [0.3, 0.4) is 0 Å². The Morgan fingerprint density at radius 3 is 2.31 bits per heavy atom. The second-order valence-corrected chi connectivity index (χ2v) is 10.4. The number of hydrogen-bond donors (Lipinski definition) is 1. The average Bonchev–Trinajstić information content (AvgIpc) is 2.86. The Bertz CT molecular complexity index is 1020. The molecule has 0 saturated carbocycles. The van der Waals surface area contributed by atoms with Crippen LogP contribution in [0.25, 0.3) is 0 Å². The SMILES string of the molecule is COC(=O)c1cccc(C(=O)[C@@H]2CCCN(C(=O)/C=C/C3CCN(C(=O)OC(C)(C)C)CC3)C2)c1N. The number of nitrogens with two attached hydrogens (primary N) is 1. The molecule has 0 spiro atoms. The lowest BCUT2D eigenvalue weighted by atomic mass is 9.88. The first-order valence-electron chi connectivity index (χ1n) is 12.5. The Hall–Kier alpha value is -3.36. The Morgan fingerprint density at radius 2 is 1.67 bits per heavy atom. The maximum Gasteiger partial charge on any atom is 0.410 e. The van der Waals surface area contributed by atoms with E-state index >= 15 is 0 Å². The molecule has 3 rings (SSSR count). The minimum atomic E-state index is -0.593. The molecule has 0 bridgehead atoms. The van der Waals surface area contributed by atoms with Gasteiger partial charge in [-0.25, -0.2) is 9.59 Å². The third-order valence-electron chi connectivity index (χ3n) is 6.58. The number of hydrogen-bond acceptors (Lipinski definition) is 7. The van der Waals surface area contributed by atoms with E-state index < -0.39 is 11.6 Å². The van der Waals surface area contributed by atoms with Gasteiger partial charge in [0, 0.05) is 37.7 Å². The molecule has 2 N–H and O–H groups in total. The fourth-order valence-electron chi connectivity index (χ4n) is 4.60. The fraction of sp³-hybridized carbons (Fsp3) is 0.556. The summed E-state index contributed by atoms with van der Waals surface area (Å²) in [6.07, 6.45) is 6.09. The number of allylic oxidation sites excluding steroid dienone is 1. The van der Waals surface area contributed by atoms with Gasteiger partial charge in [-0.15, -0.1) is 0 Å². The van der Waals surface area contributed by atoms with E-state index in [2.05, 4.69) is 0 Å². The predicted octanol–water partition coefficient (Wildman–Crippen LogP) is 3.68. The van der Waals surface area contributed by atoms with Crippen LogP contribution in [0.1, 0.15) is 67.2 Å². The second-order valence-electron chi connectivity index (χ2n) is 10.4. The smallest absolute Gasteiger partial charge is 0.410 e. The zero-order valence-corrected chi connectivity index (χ0v) is 21.6. The number of esters is 1. The van der Waals surface area contributed by atoms with Gasteiger partial charge in [-0.1, -0.05) is 12.1 Å². The summed E-state index contributed by atoms with van der Waals surface area (Å²) in [6, 6.07) is 4.74. The highest BCUT2D eigenvalue weighted by atomic mass is 16.6. The van der Waals surface area contributed by atoms with Crippen LogP contribution in [0.4, 0.5) is 10.5 Å². The molecule has 2 saturated heterocycles. The van der Waals surface area contributed by atoms with E-state index in [0.29, 0.717) is 39.0 Å². The zero-order chi connectivity index (χ0) is 26.5. The summed E-state index contributed by atoms with van der Waals surface area (Å²) in [5.74, 6) is -1.07. The number of amides is 2. The molecule has 9 heteroatoms. The Balaban J connectivity index is 1.56. The number of likely N-dealkylation sites (tertiary alicyclic amines) is 2. The number of methoxy groups -OCH3 is 1. The van der Waals surface area contributed by atoms with Crippen LogP contribution >= 0.6 is 0 Å². The molecule has 36 heavy (non-hydrogen) atoms. The van der Waals surface area contributed by atoms with E-state index in [1.165, 1.54) is 13.2 Å². The molecule has 0 unspecified atom stereocenters. The minimum absolute atomic E-state index is 0.107. The molecule has 1 atom stereocenters. The van der Waals surface area contributed by atoms with Crippen LogP contribution in [0.15, 0.2) is 30.4 Å². The fourth-order valence-corrected chi connectivity index (χ4v) is 4.60. The molecular weight excluding hydrogens is 462 g/mol. The number of rotatable bonds is 5.